The first kappa shape index (κ1) is 9.54. The molecule has 1 aromatic rings. The van der Waals surface area contributed by atoms with Crippen molar-refractivity contribution in [2.45, 2.75) is 6.61 Å². The van der Waals surface area contributed by atoms with Gasteiger partial charge < -0.3 is 15.8 Å². The summed E-state index contributed by atoms with van der Waals surface area (Å²) < 4.78 is 4.96. The van der Waals surface area contributed by atoms with Crippen molar-refractivity contribution in [2.24, 2.45) is 5.73 Å². The van der Waals surface area contributed by atoms with Crippen LogP contribution in [0.4, 0.5) is 10.5 Å². The van der Waals surface area contributed by atoms with Crippen molar-refractivity contribution in [3.8, 4) is 0 Å². The first-order chi connectivity index (χ1) is 6.24. The number of benzene rings is 1. The number of carbonyl (C=O) groups excluding carboxylic acids is 1. The number of urea groups is 1. The third kappa shape index (κ3) is 2.76. The van der Waals surface area contributed by atoms with Gasteiger partial charge in [0.05, 0.1) is 6.61 Å². The fourth-order valence-electron chi connectivity index (χ4n) is 1.06. The average Bonchev–Trinajstić information content (AvgIpc) is 2.08. The third-order valence-corrected chi connectivity index (χ3v) is 1.58. The Labute approximate surface area is 76.7 Å². The van der Waals surface area contributed by atoms with Gasteiger partial charge in [0.2, 0.25) is 0 Å². The quantitative estimate of drug-likeness (QED) is 0.736. The molecule has 0 saturated heterocycles. The number of nitrogens with one attached hydrogen (secondary N) is 1. The maximum Gasteiger partial charge on any atom is 0.316 e. The molecule has 13 heavy (non-hydrogen) atoms. The van der Waals surface area contributed by atoms with Crippen molar-refractivity contribution < 1.29 is 9.53 Å². The number of para-hydroxylation sites is 1. The maximum atomic E-state index is 10.6. The minimum atomic E-state index is -0.566. The second-order valence-corrected chi connectivity index (χ2v) is 2.58. The number of hydrogen-bond donors (Lipinski definition) is 2. The molecule has 3 N–H and O–H groups in total. The van der Waals surface area contributed by atoms with Gasteiger partial charge in [0, 0.05) is 18.4 Å². The van der Waals surface area contributed by atoms with Gasteiger partial charge in [0.15, 0.2) is 0 Å². The van der Waals surface area contributed by atoms with Gasteiger partial charge in [-0.15, -0.1) is 0 Å². The SMILES string of the molecule is COCc1ccccc1NC(N)=O. The highest BCUT2D eigenvalue weighted by molar-refractivity contribution is 5.88. The number of ether oxygens (including phenoxy) is 1. The summed E-state index contributed by atoms with van der Waals surface area (Å²) in [6.07, 6.45) is 0. The van der Waals surface area contributed by atoms with E-state index in [1.54, 1.807) is 13.2 Å². The monoisotopic (exact) mass is 180 g/mol. The second-order valence-electron chi connectivity index (χ2n) is 2.58. The summed E-state index contributed by atoms with van der Waals surface area (Å²) in [5, 5.41) is 2.52. The zero-order valence-corrected chi connectivity index (χ0v) is 7.41. The first-order valence-electron chi connectivity index (χ1n) is 3.87. The molecule has 0 aliphatic carbocycles. The number of methoxy groups -OCH3 is 1. The third-order valence-electron chi connectivity index (χ3n) is 1.58. The number of primary amides is 1. The van der Waals surface area contributed by atoms with E-state index in [0.29, 0.717) is 12.3 Å². The predicted molar refractivity (Wildman–Crippen MR) is 50.4 cm³/mol. The Morgan fingerprint density at radius 1 is 1.54 bits per heavy atom. The first-order valence-corrected chi connectivity index (χ1v) is 3.87. The Morgan fingerprint density at radius 2 is 2.23 bits per heavy atom. The van der Waals surface area contributed by atoms with E-state index in [1.807, 2.05) is 18.2 Å². The van der Waals surface area contributed by atoms with Crippen LogP contribution in [0.2, 0.25) is 0 Å². The molecule has 4 nitrogen and oxygen atoms in total. The zero-order valence-electron chi connectivity index (χ0n) is 7.41. The van der Waals surface area contributed by atoms with Crippen molar-refractivity contribution in [1.29, 1.82) is 0 Å². The lowest BCUT2D eigenvalue weighted by Crippen LogP contribution is -2.20. The molecule has 0 aliphatic rings. The molecule has 0 radical (unpaired) electrons. The van der Waals surface area contributed by atoms with Crippen LogP contribution in [0.5, 0.6) is 0 Å². The van der Waals surface area contributed by atoms with E-state index >= 15 is 0 Å². The maximum absolute atomic E-state index is 10.6. The van der Waals surface area contributed by atoms with E-state index in [9.17, 15) is 4.79 Å². The normalized spacial score (nSPS) is 9.62. The van der Waals surface area contributed by atoms with Crippen LogP contribution in [0.3, 0.4) is 0 Å². The fourth-order valence-corrected chi connectivity index (χ4v) is 1.06. The van der Waals surface area contributed by atoms with Crippen LogP contribution in [0.1, 0.15) is 5.56 Å². The number of anilines is 1. The van der Waals surface area contributed by atoms with Crippen LogP contribution in [-0.4, -0.2) is 13.1 Å². The summed E-state index contributed by atoms with van der Waals surface area (Å²) in [6.45, 7) is 0.455. The Kier molecular flexibility index (Phi) is 3.28. The summed E-state index contributed by atoms with van der Waals surface area (Å²) >= 11 is 0. The Balaban J connectivity index is 2.84. The molecule has 0 bridgehead atoms. The van der Waals surface area contributed by atoms with Gasteiger partial charge in [0.1, 0.15) is 0 Å². The molecule has 4 heteroatoms. The van der Waals surface area contributed by atoms with Crippen molar-refractivity contribution in [2.75, 3.05) is 12.4 Å². The van der Waals surface area contributed by atoms with E-state index < -0.39 is 6.03 Å². The summed E-state index contributed by atoms with van der Waals surface area (Å²) in [5.74, 6) is 0. The van der Waals surface area contributed by atoms with Gasteiger partial charge >= 0.3 is 6.03 Å². The van der Waals surface area contributed by atoms with Crippen molar-refractivity contribution in [3.63, 3.8) is 0 Å². The van der Waals surface area contributed by atoms with E-state index in [1.165, 1.54) is 0 Å². The number of carbonyl (C=O) groups is 1. The lowest BCUT2D eigenvalue weighted by Gasteiger charge is -2.07. The lowest BCUT2D eigenvalue weighted by atomic mass is 10.2. The minimum absolute atomic E-state index is 0.455. The standard InChI is InChI=1S/C9H12N2O2/c1-13-6-7-4-2-3-5-8(7)11-9(10)12/h2-5H,6H2,1H3,(H3,10,11,12). The number of nitrogens with two attached hydrogens (primary N) is 1. The molecule has 0 aliphatic heterocycles. The smallest absolute Gasteiger partial charge is 0.316 e. The van der Waals surface area contributed by atoms with Gasteiger partial charge in [-0.25, -0.2) is 4.79 Å². The molecular weight excluding hydrogens is 168 g/mol. The van der Waals surface area contributed by atoms with E-state index in [0.717, 1.165) is 5.56 Å². The molecule has 0 saturated carbocycles. The van der Waals surface area contributed by atoms with Crippen molar-refractivity contribution in [3.05, 3.63) is 29.8 Å². The van der Waals surface area contributed by atoms with E-state index in [4.69, 9.17) is 10.5 Å². The number of amides is 2. The van der Waals surface area contributed by atoms with E-state index in [-0.39, 0.29) is 0 Å². The molecule has 0 fully saturated rings. The molecule has 1 rings (SSSR count). The largest absolute Gasteiger partial charge is 0.380 e. The van der Waals surface area contributed by atoms with Gasteiger partial charge in [-0.2, -0.15) is 0 Å². The highest BCUT2D eigenvalue weighted by Crippen LogP contribution is 2.15. The Hall–Kier alpha value is -1.55. The number of rotatable bonds is 3. The molecule has 2 amide bonds. The van der Waals surface area contributed by atoms with Crippen molar-refractivity contribution in [1.82, 2.24) is 0 Å². The van der Waals surface area contributed by atoms with Crippen LogP contribution in [-0.2, 0) is 11.3 Å². The van der Waals surface area contributed by atoms with Crippen LogP contribution in [0.25, 0.3) is 0 Å². The average molecular weight is 180 g/mol. The van der Waals surface area contributed by atoms with Crippen LogP contribution in [0.15, 0.2) is 24.3 Å². The molecule has 0 unspecified atom stereocenters. The molecule has 1 aromatic carbocycles. The topological polar surface area (TPSA) is 64.3 Å². The summed E-state index contributed by atoms with van der Waals surface area (Å²) in [6, 6.07) is 6.78. The molecule has 0 heterocycles. The van der Waals surface area contributed by atoms with Crippen LogP contribution in [0, 0.1) is 0 Å². The van der Waals surface area contributed by atoms with E-state index in [2.05, 4.69) is 5.32 Å². The summed E-state index contributed by atoms with van der Waals surface area (Å²) in [7, 11) is 1.60. The van der Waals surface area contributed by atoms with Gasteiger partial charge in [-0.05, 0) is 6.07 Å². The zero-order chi connectivity index (χ0) is 9.68. The van der Waals surface area contributed by atoms with Crippen molar-refractivity contribution >= 4 is 11.7 Å². The summed E-state index contributed by atoms with van der Waals surface area (Å²) in [5.41, 5.74) is 6.60. The molecule has 70 valence electrons. The summed E-state index contributed by atoms with van der Waals surface area (Å²) in [4.78, 5) is 10.6. The number of hydrogen-bond acceptors (Lipinski definition) is 2. The van der Waals surface area contributed by atoms with Gasteiger partial charge in [0.25, 0.3) is 0 Å². The minimum Gasteiger partial charge on any atom is -0.380 e. The molecule has 0 atom stereocenters. The molecular formula is C9H12N2O2. The van der Waals surface area contributed by atoms with Gasteiger partial charge in [-0.1, -0.05) is 18.2 Å². The Morgan fingerprint density at radius 3 is 2.85 bits per heavy atom. The predicted octanol–water partition coefficient (Wildman–Crippen LogP) is 1.32. The lowest BCUT2D eigenvalue weighted by molar-refractivity contribution is 0.185. The highest BCUT2D eigenvalue weighted by Gasteiger charge is 2.01. The Bertz CT molecular complexity index is 299. The van der Waals surface area contributed by atoms with Crippen LogP contribution < -0.4 is 11.1 Å². The molecule has 0 spiro atoms. The van der Waals surface area contributed by atoms with Gasteiger partial charge in [-0.3, -0.25) is 0 Å². The molecule has 0 aromatic heterocycles. The second kappa shape index (κ2) is 4.47. The highest BCUT2D eigenvalue weighted by atomic mass is 16.5. The fraction of sp³-hybridized carbons (Fsp3) is 0.222. The van der Waals surface area contributed by atoms with Crippen LogP contribution >= 0.6 is 0 Å².